The van der Waals surface area contributed by atoms with E-state index in [2.05, 4.69) is 30.2 Å². The molecule has 3 heterocycles. The van der Waals surface area contributed by atoms with Crippen LogP contribution in [0.15, 0.2) is 12.4 Å². The van der Waals surface area contributed by atoms with Gasteiger partial charge in [-0.05, 0) is 27.2 Å². The number of nitrogens with zero attached hydrogens (tertiary/aromatic N) is 6. The van der Waals surface area contributed by atoms with Gasteiger partial charge in [0, 0.05) is 57.7 Å². The summed E-state index contributed by atoms with van der Waals surface area (Å²) < 4.78 is 7.07. The van der Waals surface area contributed by atoms with Crippen LogP contribution in [0.1, 0.15) is 26.0 Å². The van der Waals surface area contributed by atoms with Crippen LogP contribution in [0, 0.1) is 6.92 Å². The minimum absolute atomic E-state index is 0.0818. The van der Waals surface area contributed by atoms with Crippen molar-refractivity contribution < 1.29 is 9.53 Å². The molecule has 1 unspecified atom stereocenters. The zero-order valence-corrected chi connectivity index (χ0v) is 16.4. The highest BCUT2D eigenvalue weighted by Gasteiger charge is 2.26. The lowest BCUT2D eigenvalue weighted by atomic mass is 10.2. The summed E-state index contributed by atoms with van der Waals surface area (Å²) in [6.07, 6.45) is 2.37. The highest BCUT2D eigenvalue weighted by molar-refractivity contribution is 5.81. The lowest BCUT2D eigenvalue weighted by Crippen LogP contribution is -2.54. The van der Waals surface area contributed by atoms with E-state index in [1.807, 2.05) is 26.8 Å². The molecule has 1 aliphatic heterocycles. The average Bonchev–Trinajstić information content (AvgIpc) is 3.15. The highest BCUT2D eigenvalue weighted by atomic mass is 16.5. The van der Waals surface area contributed by atoms with Crippen molar-refractivity contribution >= 4 is 17.5 Å². The molecule has 0 aliphatic carbocycles. The van der Waals surface area contributed by atoms with E-state index in [0.717, 1.165) is 44.1 Å². The van der Waals surface area contributed by atoms with Crippen LogP contribution in [0.2, 0.25) is 0 Å². The molecule has 2 aromatic heterocycles. The van der Waals surface area contributed by atoms with E-state index < -0.39 is 0 Å². The number of hydrogen-bond acceptors (Lipinski definition) is 7. The Bertz CT molecular complexity index is 755. The average molecular weight is 375 g/mol. The molecule has 148 valence electrons. The number of aromatic nitrogens is 4. The third-order valence-electron chi connectivity index (χ3n) is 4.90. The molecule has 1 N–H and O–H groups in total. The standard InChI is InChI=1S/C18H29N7O2/c1-4-27-11-5-6-19-17(26)15(3)23-7-9-24(10-8-23)16-12-14(2)22-18-20-13-21-25(16)18/h12-13,15H,4-11H2,1-3H3,(H,19,26). The van der Waals surface area contributed by atoms with E-state index in [0.29, 0.717) is 25.5 Å². The van der Waals surface area contributed by atoms with Gasteiger partial charge in [0.25, 0.3) is 5.78 Å². The van der Waals surface area contributed by atoms with Crippen molar-refractivity contribution in [3.05, 3.63) is 18.1 Å². The second-order valence-corrected chi connectivity index (χ2v) is 6.77. The molecule has 27 heavy (non-hydrogen) atoms. The Morgan fingerprint density at radius 1 is 1.33 bits per heavy atom. The number of rotatable bonds is 8. The summed E-state index contributed by atoms with van der Waals surface area (Å²) in [5.41, 5.74) is 0.924. The van der Waals surface area contributed by atoms with Crippen LogP contribution in [0.5, 0.6) is 0 Å². The maximum absolute atomic E-state index is 12.4. The first-order chi connectivity index (χ1) is 13.1. The number of piperazine rings is 1. The summed E-state index contributed by atoms with van der Waals surface area (Å²) >= 11 is 0. The molecule has 3 rings (SSSR count). The van der Waals surface area contributed by atoms with Gasteiger partial charge in [-0.25, -0.2) is 4.98 Å². The first-order valence-corrected chi connectivity index (χ1v) is 9.62. The van der Waals surface area contributed by atoms with Crippen LogP contribution in [0.4, 0.5) is 5.82 Å². The minimum Gasteiger partial charge on any atom is -0.382 e. The first-order valence-electron chi connectivity index (χ1n) is 9.62. The van der Waals surface area contributed by atoms with E-state index in [-0.39, 0.29) is 11.9 Å². The predicted octanol–water partition coefficient (Wildman–Crippen LogP) is 0.486. The Morgan fingerprint density at radius 3 is 2.85 bits per heavy atom. The summed E-state index contributed by atoms with van der Waals surface area (Å²) in [5, 5.41) is 7.29. The zero-order valence-electron chi connectivity index (χ0n) is 16.4. The molecular weight excluding hydrogens is 346 g/mol. The Hall–Kier alpha value is -2.26. The number of nitrogens with one attached hydrogen (secondary N) is 1. The fourth-order valence-corrected chi connectivity index (χ4v) is 3.32. The number of hydrogen-bond donors (Lipinski definition) is 1. The van der Waals surface area contributed by atoms with E-state index in [1.165, 1.54) is 6.33 Å². The van der Waals surface area contributed by atoms with E-state index in [4.69, 9.17) is 4.74 Å². The fourth-order valence-electron chi connectivity index (χ4n) is 3.32. The Kier molecular flexibility index (Phi) is 6.57. The van der Waals surface area contributed by atoms with Crippen molar-refractivity contribution in [2.45, 2.75) is 33.2 Å². The van der Waals surface area contributed by atoms with Crippen LogP contribution in [-0.4, -0.2) is 82.4 Å². The van der Waals surface area contributed by atoms with Crippen LogP contribution in [0.25, 0.3) is 5.78 Å². The third-order valence-corrected chi connectivity index (χ3v) is 4.90. The largest absolute Gasteiger partial charge is 0.382 e. The van der Waals surface area contributed by atoms with E-state index >= 15 is 0 Å². The maximum Gasteiger partial charge on any atom is 0.254 e. The third kappa shape index (κ3) is 4.72. The molecule has 9 heteroatoms. The summed E-state index contributed by atoms with van der Waals surface area (Å²) in [6, 6.07) is 1.90. The Morgan fingerprint density at radius 2 is 2.11 bits per heavy atom. The van der Waals surface area contributed by atoms with Gasteiger partial charge in [0.15, 0.2) is 0 Å². The second kappa shape index (κ2) is 9.09. The summed E-state index contributed by atoms with van der Waals surface area (Å²) in [7, 11) is 0. The van der Waals surface area contributed by atoms with Crippen molar-refractivity contribution in [1.82, 2.24) is 29.8 Å². The van der Waals surface area contributed by atoms with Gasteiger partial charge in [0.05, 0.1) is 6.04 Å². The van der Waals surface area contributed by atoms with Gasteiger partial charge in [-0.1, -0.05) is 0 Å². The Labute approximate surface area is 159 Å². The predicted molar refractivity (Wildman–Crippen MR) is 103 cm³/mol. The van der Waals surface area contributed by atoms with Gasteiger partial charge in [0.2, 0.25) is 5.91 Å². The molecular formula is C18H29N7O2. The van der Waals surface area contributed by atoms with Crippen LogP contribution in [0.3, 0.4) is 0 Å². The molecule has 1 fully saturated rings. The van der Waals surface area contributed by atoms with Gasteiger partial charge in [0.1, 0.15) is 12.1 Å². The second-order valence-electron chi connectivity index (χ2n) is 6.77. The van der Waals surface area contributed by atoms with Gasteiger partial charge < -0.3 is 15.0 Å². The quantitative estimate of drug-likeness (QED) is 0.672. The van der Waals surface area contributed by atoms with Crippen molar-refractivity contribution in [3.8, 4) is 0 Å². The summed E-state index contributed by atoms with van der Waals surface area (Å²) in [4.78, 5) is 25.5. The van der Waals surface area contributed by atoms with Gasteiger partial charge in [-0.3, -0.25) is 9.69 Å². The van der Waals surface area contributed by atoms with Gasteiger partial charge in [-0.2, -0.15) is 14.6 Å². The normalized spacial score (nSPS) is 16.6. The SMILES string of the molecule is CCOCCCNC(=O)C(C)N1CCN(c2cc(C)nc3ncnn23)CC1. The zero-order chi connectivity index (χ0) is 19.2. The molecule has 0 radical (unpaired) electrons. The number of anilines is 1. The lowest BCUT2D eigenvalue weighted by Gasteiger charge is -2.38. The molecule has 0 aromatic carbocycles. The first kappa shape index (κ1) is 19.5. The highest BCUT2D eigenvalue weighted by Crippen LogP contribution is 2.18. The van der Waals surface area contributed by atoms with Crippen molar-refractivity contribution in [2.75, 3.05) is 50.8 Å². The molecule has 1 atom stereocenters. The smallest absolute Gasteiger partial charge is 0.254 e. The molecule has 0 bridgehead atoms. The van der Waals surface area contributed by atoms with Crippen LogP contribution < -0.4 is 10.2 Å². The molecule has 0 spiro atoms. The van der Waals surface area contributed by atoms with Crippen molar-refractivity contribution in [2.24, 2.45) is 0 Å². The molecule has 1 aliphatic rings. The number of carbonyl (C=O) groups is 1. The molecule has 1 saturated heterocycles. The van der Waals surface area contributed by atoms with Crippen LogP contribution >= 0.6 is 0 Å². The summed E-state index contributed by atoms with van der Waals surface area (Å²) in [6.45, 7) is 11.3. The number of amides is 1. The fraction of sp³-hybridized carbons (Fsp3) is 0.667. The molecule has 0 saturated carbocycles. The van der Waals surface area contributed by atoms with Gasteiger partial charge >= 0.3 is 0 Å². The van der Waals surface area contributed by atoms with Crippen molar-refractivity contribution in [3.63, 3.8) is 0 Å². The lowest BCUT2D eigenvalue weighted by molar-refractivity contribution is -0.126. The number of ether oxygens (including phenoxy) is 1. The minimum atomic E-state index is -0.134. The molecule has 9 nitrogen and oxygen atoms in total. The number of fused-ring (bicyclic) bond motifs is 1. The molecule has 2 aromatic rings. The number of aryl methyl sites for hydroxylation is 1. The Balaban J connectivity index is 1.52. The van der Waals surface area contributed by atoms with Crippen LogP contribution in [-0.2, 0) is 9.53 Å². The molecule has 1 amide bonds. The van der Waals surface area contributed by atoms with Gasteiger partial charge in [-0.15, -0.1) is 0 Å². The summed E-state index contributed by atoms with van der Waals surface area (Å²) in [5.74, 6) is 1.70. The number of carbonyl (C=O) groups excluding carboxylic acids is 1. The van der Waals surface area contributed by atoms with Crippen molar-refractivity contribution in [1.29, 1.82) is 0 Å². The monoisotopic (exact) mass is 375 g/mol. The topological polar surface area (TPSA) is 87.9 Å². The maximum atomic E-state index is 12.4. The van der Waals surface area contributed by atoms with E-state index in [9.17, 15) is 4.79 Å². The van der Waals surface area contributed by atoms with E-state index in [1.54, 1.807) is 4.52 Å².